The van der Waals surface area contributed by atoms with Gasteiger partial charge in [-0.05, 0) is 37.5 Å². The number of fused-ring (bicyclic) bond motifs is 1. The number of anilines is 1. The van der Waals surface area contributed by atoms with Crippen molar-refractivity contribution in [2.24, 2.45) is 0 Å². The van der Waals surface area contributed by atoms with E-state index in [2.05, 4.69) is 42.6 Å². The van der Waals surface area contributed by atoms with E-state index in [1.807, 2.05) is 42.0 Å². The third-order valence-electron chi connectivity index (χ3n) is 4.94. The molecule has 0 saturated carbocycles. The summed E-state index contributed by atoms with van der Waals surface area (Å²) in [7, 11) is 0. The molecule has 2 heterocycles. The van der Waals surface area contributed by atoms with Crippen LogP contribution in [0.3, 0.4) is 0 Å². The highest BCUT2D eigenvalue weighted by Crippen LogP contribution is 2.25. The second-order valence-electron chi connectivity index (χ2n) is 7.10. The molecule has 0 aliphatic heterocycles. The number of aromatic nitrogens is 2. The molecule has 0 unspecified atom stereocenters. The molecule has 0 fully saturated rings. The van der Waals surface area contributed by atoms with Crippen molar-refractivity contribution < 1.29 is 4.79 Å². The lowest BCUT2D eigenvalue weighted by Gasteiger charge is -2.09. The fourth-order valence-corrected chi connectivity index (χ4v) is 4.19. The van der Waals surface area contributed by atoms with Crippen molar-refractivity contribution in [1.29, 1.82) is 0 Å². The van der Waals surface area contributed by atoms with Gasteiger partial charge in [0.15, 0.2) is 4.96 Å². The summed E-state index contributed by atoms with van der Waals surface area (Å²) < 4.78 is 2.02. The van der Waals surface area contributed by atoms with Gasteiger partial charge in [0.25, 0.3) is 0 Å². The van der Waals surface area contributed by atoms with Crippen molar-refractivity contribution in [1.82, 2.24) is 9.38 Å². The summed E-state index contributed by atoms with van der Waals surface area (Å²) in [6.45, 7) is 6.21. The summed E-state index contributed by atoms with van der Waals surface area (Å²) in [5.41, 5.74) is 7.42. The predicted molar refractivity (Wildman–Crippen MR) is 116 cm³/mol. The van der Waals surface area contributed by atoms with Crippen molar-refractivity contribution >= 4 is 27.9 Å². The fourth-order valence-electron chi connectivity index (χ4n) is 3.32. The molecule has 28 heavy (non-hydrogen) atoms. The van der Waals surface area contributed by atoms with Gasteiger partial charge in [-0.2, -0.15) is 0 Å². The van der Waals surface area contributed by atoms with Crippen LogP contribution in [0.1, 0.15) is 29.3 Å². The Hall–Kier alpha value is -2.92. The summed E-state index contributed by atoms with van der Waals surface area (Å²) in [6.07, 6.45) is 3.36. The minimum atomic E-state index is -0.0193. The molecular weight excluding hydrogens is 366 g/mol. The zero-order chi connectivity index (χ0) is 19.7. The van der Waals surface area contributed by atoms with Gasteiger partial charge in [-0.1, -0.05) is 48.9 Å². The molecule has 0 atom stereocenters. The number of imidazole rings is 1. The minimum Gasteiger partial charge on any atom is -0.326 e. The number of hydrogen-bond donors (Lipinski definition) is 1. The molecule has 0 spiro atoms. The summed E-state index contributed by atoms with van der Waals surface area (Å²) in [5.74, 6) is -0.0193. The first kappa shape index (κ1) is 18.4. The van der Waals surface area contributed by atoms with Crippen LogP contribution in [0.2, 0.25) is 0 Å². The summed E-state index contributed by atoms with van der Waals surface area (Å²) in [5, 5.41) is 5.03. The number of thiazole rings is 1. The fraction of sp³-hybridized carbons (Fsp3) is 0.217. The van der Waals surface area contributed by atoms with E-state index < -0.39 is 0 Å². The number of nitrogens with zero attached hydrogens (tertiary/aromatic N) is 2. The number of aryl methyl sites for hydroxylation is 3. The lowest BCUT2D eigenvalue weighted by Crippen LogP contribution is -2.16. The molecule has 4 nitrogen and oxygen atoms in total. The van der Waals surface area contributed by atoms with Gasteiger partial charge in [0.2, 0.25) is 5.91 Å². The number of nitrogens with one attached hydrogen (secondary N) is 1. The van der Waals surface area contributed by atoms with Gasteiger partial charge < -0.3 is 5.32 Å². The highest BCUT2D eigenvalue weighted by atomic mass is 32.1. The molecule has 4 aromatic rings. The zero-order valence-electron chi connectivity index (χ0n) is 16.3. The average molecular weight is 390 g/mol. The summed E-state index contributed by atoms with van der Waals surface area (Å²) >= 11 is 1.56. The second kappa shape index (κ2) is 7.60. The largest absolute Gasteiger partial charge is 0.326 e. The van der Waals surface area contributed by atoms with Gasteiger partial charge >= 0.3 is 0 Å². The first-order valence-corrected chi connectivity index (χ1v) is 10.3. The monoisotopic (exact) mass is 389 g/mol. The van der Waals surface area contributed by atoms with Crippen molar-refractivity contribution in [2.75, 3.05) is 5.32 Å². The Balaban J connectivity index is 1.54. The third-order valence-corrected chi connectivity index (χ3v) is 5.83. The van der Waals surface area contributed by atoms with E-state index >= 15 is 0 Å². The molecular formula is C23H23N3OS. The molecule has 2 aromatic heterocycles. The summed E-state index contributed by atoms with van der Waals surface area (Å²) in [6, 6.07) is 14.5. The minimum absolute atomic E-state index is 0.0193. The van der Waals surface area contributed by atoms with Crippen molar-refractivity contribution in [3.63, 3.8) is 0 Å². The number of carbonyl (C=O) groups excluding carboxylic acids is 1. The molecule has 1 amide bonds. The third kappa shape index (κ3) is 3.71. The van der Waals surface area contributed by atoms with E-state index in [-0.39, 0.29) is 5.91 Å². The first-order chi connectivity index (χ1) is 13.5. The Morgan fingerprint density at radius 2 is 1.93 bits per heavy atom. The maximum absolute atomic E-state index is 12.6. The van der Waals surface area contributed by atoms with E-state index in [0.29, 0.717) is 6.42 Å². The zero-order valence-corrected chi connectivity index (χ0v) is 17.1. The Labute approximate surface area is 168 Å². The maximum atomic E-state index is 12.6. The number of carbonyl (C=O) groups is 1. The number of rotatable bonds is 5. The van der Waals surface area contributed by atoms with Crippen molar-refractivity contribution in [3.8, 4) is 11.3 Å². The van der Waals surface area contributed by atoms with Crippen LogP contribution < -0.4 is 5.32 Å². The van der Waals surface area contributed by atoms with E-state index in [0.717, 1.165) is 39.6 Å². The molecule has 0 saturated heterocycles. The van der Waals surface area contributed by atoms with Crippen molar-refractivity contribution in [2.45, 2.75) is 33.6 Å². The number of hydrogen-bond acceptors (Lipinski definition) is 3. The Morgan fingerprint density at radius 3 is 2.64 bits per heavy atom. The van der Waals surface area contributed by atoms with E-state index in [4.69, 9.17) is 4.98 Å². The van der Waals surface area contributed by atoms with Crippen molar-refractivity contribution in [3.05, 3.63) is 76.4 Å². The number of benzene rings is 2. The normalized spacial score (nSPS) is 11.1. The lowest BCUT2D eigenvalue weighted by molar-refractivity contribution is -0.115. The Bertz CT molecular complexity index is 1140. The van der Waals surface area contributed by atoms with E-state index in [9.17, 15) is 4.79 Å². The quantitative estimate of drug-likeness (QED) is 0.495. The van der Waals surface area contributed by atoms with Crippen LogP contribution >= 0.6 is 11.3 Å². The van der Waals surface area contributed by atoms with Crippen LogP contribution in [0.4, 0.5) is 5.69 Å². The second-order valence-corrected chi connectivity index (χ2v) is 7.94. The molecule has 4 rings (SSSR count). The molecule has 0 aliphatic carbocycles. The standard InChI is InChI=1S/C23H23N3OS/c1-4-17-6-8-18(9-7-17)21-13-26-19(14-28-23(26)25-21)12-22(27)24-20-10-5-15(2)11-16(20)3/h5-11,13-14H,4,12H2,1-3H3,(H,24,27). The molecule has 0 bridgehead atoms. The molecule has 2 aromatic carbocycles. The van der Waals surface area contributed by atoms with Gasteiger partial charge in [0.05, 0.1) is 12.1 Å². The Morgan fingerprint density at radius 1 is 1.14 bits per heavy atom. The highest BCUT2D eigenvalue weighted by Gasteiger charge is 2.13. The molecule has 1 N–H and O–H groups in total. The van der Waals surface area contributed by atoms with E-state index in [1.165, 1.54) is 11.1 Å². The van der Waals surface area contributed by atoms with Crippen LogP contribution in [0.5, 0.6) is 0 Å². The van der Waals surface area contributed by atoms with Gasteiger partial charge in [-0.3, -0.25) is 9.20 Å². The smallest absolute Gasteiger partial charge is 0.230 e. The molecule has 0 aliphatic rings. The van der Waals surface area contributed by atoms with Crippen LogP contribution in [-0.2, 0) is 17.6 Å². The lowest BCUT2D eigenvalue weighted by atomic mass is 10.1. The topological polar surface area (TPSA) is 46.4 Å². The highest BCUT2D eigenvalue weighted by molar-refractivity contribution is 7.15. The Kier molecular flexibility index (Phi) is 5.01. The predicted octanol–water partition coefficient (Wildman–Crippen LogP) is 5.42. The first-order valence-electron chi connectivity index (χ1n) is 9.45. The SMILES string of the molecule is CCc1ccc(-c2cn3c(CC(=O)Nc4ccc(C)cc4C)csc3n2)cc1. The molecule has 0 radical (unpaired) electrons. The van der Waals surface area contributed by atoms with E-state index in [1.54, 1.807) is 11.3 Å². The maximum Gasteiger partial charge on any atom is 0.230 e. The van der Waals surface area contributed by atoms with Gasteiger partial charge in [0.1, 0.15) is 0 Å². The molecule has 5 heteroatoms. The van der Waals surface area contributed by atoms with Crippen LogP contribution in [0.15, 0.2) is 54.0 Å². The number of amides is 1. The van der Waals surface area contributed by atoms with Crippen LogP contribution in [0.25, 0.3) is 16.2 Å². The van der Waals surface area contributed by atoms with Crippen LogP contribution in [0, 0.1) is 13.8 Å². The van der Waals surface area contributed by atoms with Gasteiger partial charge in [-0.15, -0.1) is 11.3 Å². The van der Waals surface area contributed by atoms with Gasteiger partial charge in [-0.25, -0.2) is 4.98 Å². The van der Waals surface area contributed by atoms with Crippen LogP contribution in [-0.4, -0.2) is 15.3 Å². The van der Waals surface area contributed by atoms with Gasteiger partial charge in [0, 0.05) is 28.5 Å². The average Bonchev–Trinajstić information content (AvgIpc) is 3.26. The summed E-state index contributed by atoms with van der Waals surface area (Å²) in [4.78, 5) is 18.2. The molecule has 142 valence electrons.